The zero-order valence-electron chi connectivity index (χ0n) is 18.2. The van der Waals surface area contributed by atoms with E-state index < -0.39 is 23.4 Å². The van der Waals surface area contributed by atoms with Crippen LogP contribution in [-0.4, -0.2) is 11.8 Å². The molecule has 0 bridgehead atoms. The van der Waals surface area contributed by atoms with Gasteiger partial charge in [-0.3, -0.25) is 9.59 Å². The molecule has 1 N–H and O–H groups in total. The number of benzene rings is 3. The number of imide groups is 1. The minimum atomic E-state index is -1.13. The number of carbonyl (C=O) groups is 2. The van der Waals surface area contributed by atoms with Crippen molar-refractivity contribution < 1.29 is 18.4 Å². The van der Waals surface area contributed by atoms with Gasteiger partial charge < -0.3 is 5.32 Å². The Morgan fingerprint density at radius 3 is 2.12 bits per heavy atom. The van der Waals surface area contributed by atoms with Gasteiger partial charge >= 0.3 is 0 Å². The zero-order valence-corrected chi connectivity index (χ0v) is 18.2. The standard InChI is InChI=1S/C26H22F2N2O2/c1-14-5-9-20(17(4)11-14)23-24(29-18-7-6-15(2)16(3)12-18)26(32)30(25(23)31)19-8-10-21(27)22(28)13-19/h5-13,29H,1-4H3. The van der Waals surface area contributed by atoms with Crippen LogP contribution < -0.4 is 10.2 Å². The number of carbonyl (C=O) groups excluding carboxylic acids is 2. The van der Waals surface area contributed by atoms with E-state index in [4.69, 9.17) is 0 Å². The first kappa shape index (κ1) is 21.4. The first-order chi connectivity index (χ1) is 15.2. The van der Waals surface area contributed by atoms with Crippen molar-refractivity contribution in [1.82, 2.24) is 0 Å². The highest BCUT2D eigenvalue weighted by molar-refractivity contribution is 6.46. The average Bonchev–Trinajstić information content (AvgIpc) is 2.97. The minimum absolute atomic E-state index is 0.0296. The molecule has 2 amide bonds. The van der Waals surface area contributed by atoms with Crippen molar-refractivity contribution in [1.29, 1.82) is 0 Å². The molecule has 3 aromatic rings. The molecule has 0 saturated carbocycles. The molecule has 0 aliphatic carbocycles. The SMILES string of the molecule is Cc1ccc(C2=C(Nc3ccc(C)c(C)c3)C(=O)N(c3ccc(F)c(F)c3)C2=O)c(C)c1. The largest absolute Gasteiger partial charge is 0.350 e. The third-order valence-corrected chi connectivity index (χ3v) is 5.67. The van der Waals surface area contributed by atoms with Gasteiger partial charge in [0.15, 0.2) is 11.6 Å². The summed E-state index contributed by atoms with van der Waals surface area (Å²) in [4.78, 5) is 27.7. The molecule has 0 atom stereocenters. The summed E-state index contributed by atoms with van der Waals surface area (Å²) in [6, 6.07) is 14.2. The van der Waals surface area contributed by atoms with Gasteiger partial charge in [0, 0.05) is 11.8 Å². The number of nitrogens with one attached hydrogen (secondary N) is 1. The van der Waals surface area contributed by atoms with Gasteiger partial charge in [-0.05, 0) is 74.2 Å². The first-order valence-electron chi connectivity index (χ1n) is 10.2. The number of aryl methyl sites for hydroxylation is 4. The molecule has 0 saturated heterocycles. The Balaban J connectivity index is 1.87. The number of hydrogen-bond donors (Lipinski definition) is 1. The van der Waals surface area contributed by atoms with E-state index in [1.165, 1.54) is 6.07 Å². The number of nitrogens with zero attached hydrogens (tertiary/aromatic N) is 1. The summed E-state index contributed by atoms with van der Waals surface area (Å²) in [5, 5.41) is 3.11. The fourth-order valence-electron chi connectivity index (χ4n) is 3.81. The normalized spacial score (nSPS) is 13.9. The third kappa shape index (κ3) is 3.68. The molecule has 4 rings (SSSR count). The predicted octanol–water partition coefficient (Wildman–Crippen LogP) is 5.60. The van der Waals surface area contributed by atoms with Gasteiger partial charge in [-0.2, -0.15) is 0 Å². The van der Waals surface area contributed by atoms with Crippen molar-refractivity contribution in [2.24, 2.45) is 0 Å². The summed E-state index contributed by atoms with van der Waals surface area (Å²) >= 11 is 0. The summed E-state index contributed by atoms with van der Waals surface area (Å²) < 4.78 is 27.3. The van der Waals surface area contributed by atoms with Gasteiger partial charge in [0.25, 0.3) is 11.8 Å². The van der Waals surface area contributed by atoms with Crippen LogP contribution in [-0.2, 0) is 9.59 Å². The highest BCUT2D eigenvalue weighted by Gasteiger charge is 2.41. The summed E-state index contributed by atoms with van der Waals surface area (Å²) in [6.07, 6.45) is 0. The molecule has 3 aromatic carbocycles. The highest BCUT2D eigenvalue weighted by Crippen LogP contribution is 2.35. The Kier molecular flexibility index (Phi) is 5.38. The van der Waals surface area contributed by atoms with E-state index in [0.29, 0.717) is 11.3 Å². The van der Waals surface area contributed by atoms with Crippen LogP contribution >= 0.6 is 0 Å². The van der Waals surface area contributed by atoms with Crippen LogP contribution in [0.2, 0.25) is 0 Å². The van der Waals surface area contributed by atoms with Crippen LogP contribution in [0.25, 0.3) is 5.57 Å². The fraction of sp³-hybridized carbons (Fsp3) is 0.154. The van der Waals surface area contributed by atoms with Crippen molar-refractivity contribution in [2.75, 3.05) is 10.2 Å². The molecule has 0 unspecified atom stereocenters. The van der Waals surface area contributed by atoms with E-state index in [1.807, 2.05) is 58.0 Å². The Morgan fingerprint density at radius 1 is 0.719 bits per heavy atom. The van der Waals surface area contributed by atoms with E-state index in [1.54, 1.807) is 6.07 Å². The van der Waals surface area contributed by atoms with Crippen LogP contribution in [0, 0.1) is 39.3 Å². The fourth-order valence-corrected chi connectivity index (χ4v) is 3.81. The molecule has 0 radical (unpaired) electrons. The van der Waals surface area contributed by atoms with Gasteiger partial charge in [-0.1, -0.05) is 29.8 Å². The molecule has 0 spiro atoms. The molecule has 162 valence electrons. The second-order valence-corrected chi connectivity index (χ2v) is 8.04. The van der Waals surface area contributed by atoms with Crippen molar-refractivity contribution >= 4 is 28.8 Å². The molecule has 4 nitrogen and oxygen atoms in total. The summed E-state index contributed by atoms with van der Waals surface area (Å²) in [7, 11) is 0. The quantitative estimate of drug-likeness (QED) is 0.547. The van der Waals surface area contributed by atoms with Crippen molar-refractivity contribution in [3.8, 4) is 0 Å². The van der Waals surface area contributed by atoms with Crippen molar-refractivity contribution in [3.05, 3.63) is 99.7 Å². The molecule has 0 fully saturated rings. The summed E-state index contributed by atoms with van der Waals surface area (Å²) in [6.45, 7) is 7.74. The number of amides is 2. The molecule has 1 aliphatic rings. The number of anilines is 2. The maximum Gasteiger partial charge on any atom is 0.282 e. The Hall–Kier alpha value is -3.80. The van der Waals surface area contributed by atoms with Crippen LogP contribution in [0.3, 0.4) is 0 Å². The van der Waals surface area contributed by atoms with Gasteiger partial charge in [-0.15, -0.1) is 0 Å². The van der Waals surface area contributed by atoms with Crippen LogP contribution in [0.5, 0.6) is 0 Å². The van der Waals surface area contributed by atoms with Gasteiger partial charge in [0.2, 0.25) is 0 Å². The maximum absolute atomic E-state index is 13.9. The molecular weight excluding hydrogens is 410 g/mol. The third-order valence-electron chi connectivity index (χ3n) is 5.67. The number of rotatable bonds is 4. The highest BCUT2D eigenvalue weighted by atomic mass is 19.2. The lowest BCUT2D eigenvalue weighted by Gasteiger charge is -2.16. The Morgan fingerprint density at radius 2 is 1.47 bits per heavy atom. The van der Waals surface area contributed by atoms with E-state index in [-0.39, 0.29) is 17.0 Å². The van der Waals surface area contributed by atoms with E-state index in [0.717, 1.165) is 39.3 Å². The number of halogens is 2. The van der Waals surface area contributed by atoms with E-state index in [9.17, 15) is 18.4 Å². The summed E-state index contributed by atoms with van der Waals surface area (Å²) in [5.41, 5.74) is 5.47. The Bertz CT molecular complexity index is 1310. The lowest BCUT2D eigenvalue weighted by atomic mass is 9.97. The first-order valence-corrected chi connectivity index (χ1v) is 10.2. The van der Waals surface area contributed by atoms with Crippen LogP contribution in [0.15, 0.2) is 60.3 Å². The van der Waals surface area contributed by atoms with Crippen LogP contribution in [0.1, 0.15) is 27.8 Å². The average molecular weight is 432 g/mol. The van der Waals surface area contributed by atoms with E-state index in [2.05, 4.69) is 5.32 Å². The maximum atomic E-state index is 13.9. The van der Waals surface area contributed by atoms with Gasteiger partial charge in [0.05, 0.1) is 11.3 Å². The molecule has 1 heterocycles. The van der Waals surface area contributed by atoms with Gasteiger partial charge in [0.1, 0.15) is 5.70 Å². The van der Waals surface area contributed by atoms with Gasteiger partial charge in [-0.25, -0.2) is 13.7 Å². The minimum Gasteiger partial charge on any atom is -0.350 e. The zero-order chi connectivity index (χ0) is 23.2. The molecule has 0 aromatic heterocycles. The molecule has 6 heteroatoms. The van der Waals surface area contributed by atoms with Crippen LogP contribution in [0.4, 0.5) is 20.2 Å². The molecule has 32 heavy (non-hydrogen) atoms. The predicted molar refractivity (Wildman–Crippen MR) is 121 cm³/mol. The monoisotopic (exact) mass is 432 g/mol. The Labute approximate surface area is 185 Å². The molecular formula is C26H22F2N2O2. The topological polar surface area (TPSA) is 49.4 Å². The second kappa shape index (κ2) is 8.04. The summed E-state index contributed by atoms with van der Waals surface area (Å²) in [5.74, 6) is -3.41. The van der Waals surface area contributed by atoms with E-state index >= 15 is 0 Å². The second-order valence-electron chi connectivity index (χ2n) is 8.04. The lowest BCUT2D eigenvalue weighted by Crippen LogP contribution is -2.32. The van der Waals surface area contributed by atoms with Crippen molar-refractivity contribution in [2.45, 2.75) is 27.7 Å². The van der Waals surface area contributed by atoms with Crippen molar-refractivity contribution in [3.63, 3.8) is 0 Å². The molecule has 1 aliphatic heterocycles. The number of hydrogen-bond acceptors (Lipinski definition) is 3. The lowest BCUT2D eigenvalue weighted by molar-refractivity contribution is -0.120. The smallest absolute Gasteiger partial charge is 0.282 e.